The third-order valence-corrected chi connectivity index (χ3v) is 4.69. The third kappa shape index (κ3) is 5.09. The van der Waals surface area contributed by atoms with Gasteiger partial charge in [-0.3, -0.25) is 14.9 Å². The lowest BCUT2D eigenvalue weighted by molar-refractivity contribution is -0.384. The molecule has 2 aromatic carbocycles. The van der Waals surface area contributed by atoms with E-state index in [1.165, 1.54) is 24.3 Å². The van der Waals surface area contributed by atoms with Gasteiger partial charge in [0.25, 0.3) is 11.6 Å². The van der Waals surface area contributed by atoms with Crippen LogP contribution in [0.1, 0.15) is 23.2 Å². The van der Waals surface area contributed by atoms with Crippen molar-refractivity contribution in [2.45, 2.75) is 25.5 Å². The number of nitrogens with one attached hydrogen (secondary N) is 1. The zero-order valence-electron chi connectivity index (χ0n) is 15.4. The number of nitro groups is 1. The molecule has 2 aromatic rings. The molecule has 1 unspecified atom stereocenters. The second-order valence-electron chi connectivity index (χ2n) is 6.65. The summed E-state index contributed by atoms with van der Waals surface area (Å²) < 4.78 is 28.9. The normalized spacial score (nSPS) is 16.5. The highest BCUT2D eigenvalue weighted by Gasteiger charge is 2.23. The maximum absolute atomic E-state index is 12.3. The number of hydrogen-bond donors (Lipinski definition) is 2. The Morgan fingerprint density at radius 3 is 2.62 bits per heavy atom. The maximum Gasteiger partial charge on any atom is 0.387 e. The fraction of sp³-hybridized carbons (Fsp3) is 0.316. The van der Waals surface area contributed by atoms with Gasteiger partial charge >= 0.3 is 6.61 Å². The lowest BCUT2D eigenvalue weighted by Gasteiger charge is -2.35. The predicted molar refractivity (Wildman–Crippen MR) is 104 cm³/mol. The van der Waals surface area contributed by atoms with Crippen LogP contribution in [-0.4, -0.2) is 36.6 Å². The Morgan fingerprint density at radius 2 is 2.00 bits per heavy atom. The average Bonchev–Trinajstić information content (AvgIpc) is 2.68. The molecule has 29 heavy (non-hydrogen) atoms. The molecule has 1 aliphatic heterocycles. The summed E-state index contributed by atoms with van der Waals surface area (Å²) in [6.45, 7) is -1.48. The fourth-order valence-electron chi connectivity index (χ4n) is 3.36. The lowest BCUT2D eigenvalue weighted by Crippen LogP contribution is -2.42. The number of nitrogens with two attached hydrogens (primary N) is 1. The summed E-state index contributed by atoms with van der Waals surface area (Å²) in [6, 6.07) is 10.3. The van der Waals surface area contributed by atoms with E-state index in [0.29, 0.717) is 12.2 Å². The van der Waals surface area contributed by atoms with E-state index in [2.05, 4.69) is 15.0 Å². The van der Waals surface area contributed by atoms with Crippen molar-refractivity contribution in [3.8, 4) is 5.75 Å². The minimum atomic E-state index is -2.87. The van der Waals surface area contributed by atoms with Gasteiger partial charge in [0.15, 0.2) is 0 Å². The number of nitro benzene ring substituents is 1. The number of rotatable bonds is 7. The standard InChI is InChI=1S/C19H20F2N4O4/c20-19(21)29-15-6-3-13(4-7-15)24-9-1-2-12(11-24)23-17-8-5-14(25(27)28)10-16(17)18(22)26/h3-8,10,12,19,23H,1-2,9,11H2,(H2,22,26). The number of anilines is 2. The molecule has 1 aliphatic rings. The van der Waals surface area contributed by atoms with Crippen molar-refractivity contribution in [2.24, 2.45) is 5.73 Å². The van der Waals surface area contributed by atoms with Crippen LogP contribution in [-0.2, 0) is 0 Å². The first-order valence-corrected chi connectivity index (χ1v) is 8.98. The smallest absolute Gasteiger partial charge is 0.387 e. The van der Waals surface area contributed by atoms with Gasteiger partial charge in [-0.25, -0.2) is 0 Å². The van der Waals surface area contributed by atoms with Crippen molar-refractivity contribution < 1.29 is 23.2 Å². The first-order chi connectivity index (χ1) is 13.8. The SMILES string of the molecule is NC(=O)c1cc([N+](=O)[O-])ccc1NC1CCCN(c2ccc(OC(F)F)cc2)C1. The molecule has 8 nitrogen and oxygen atoms in total. The van der Waals surface area contributed by atoms with Gasteiger partial charge in [0.2, 0.25) is 0 Å². The second kappa shape index (κ2) is 8.72. The van der Waals surface area contributed by atoms with Gasteiger partial charge in [-0.15, -0.1) is 0 Å². The Kier molecular flexibility index (Phi) is 6.10. The van der Waals surface area contributed by atoms with E-state index in [1.807, 2.05) is 0 Å². The minimum absolute atomic E-state index is 0.0275. The number of benzene rings is 2. The second-order valence-corrected chi connectivity index (χ2v) is 6.65. The summed E-state index contributed by atoms with van der Waals surface area (Å²) in [7, 11) is 0. The number of primary amides is 1. The van der Waals surface area contributed by atoms with E-state index >= 15 is 0 Å². The highest BCUT2D eigenvalue weighted by molar-refractivity contribution is 5.99. The van der Waals surface area contributed by atoms with Crippen molar-refractivity contribution in [2.75, 3.05) is 23.3 Å². The topological polar surface area (TPSA) is 111 Å². The number of nitrogens with zero attached hydrogens (tertiary/aromatic N) is 2. The molecule has 1 atom stereocenters. The number of carbonyl (C=O) groups is 1. The largest absolute Gasteiger partial charge is 0.435 e. The zero-order chi connectivity index (χ0) is 21.0. The van der Waals surface area contributed by atoms with Crippen molar-refractivity contribution in [1.29, 1.82) is 0 Å². The Hall–Kier alpha value is -3.43. The number of hydrogen-bond acceptors (Lipinski definition) is 6. The third-order valence-electron chi connectivity index (χ3n) is 4.69. The number of ether oxygens (including phenoxy) is 1. The Bertz CT molecular complexity index is 892. The van der Waals surface area contributed by atoms with Crippen LogP contribution in [0.4, 0.5) is 25.8 Å². The summed E-state index contributed by atoms with van der Waals surface area (Å²) >= 11 is 0. The summed E-state index contributed by atoms with van der Waals surface area (Å²) in [5.74, 6) is -0.661. The molecule has 1 fully saturated rings. The molecule has 3 N–H and O–H groups in total. The Balaban J connectivity index is 1.71. The monoisotopic (exact) mass is 406 g/mol. The van der Waals surface area contributed by atoms with Crippen molar-refractivity contribution in [3.05, 3.63) is 58.1 Å². The van der Waals surface area contributed by atoms with Crippen molar-refractivity contribution >= 4 is 23.0 Å². The lowest BCUT2D eigenvalue weighted by atomic mass is 10.0. The number of non-ortho nitro benzene ring substituents is 1. The van der Waals surface area contributed by atoms with Gasteiger partial charge in [-0.05, 0) is 43.2 Å². The molecule has 3 rings (SSSR count). The molecule has 0 radical (unpaired) electrons. The summed E-state index contributed by atoms with van der Waals surface area (Å²) in [5.41, 5.74) is 6.53. The van der Waals surface area contributed by atoms with Crippen LogP contribution in [0.25, 0.3) is 0 Å². The fourth-order valence-corrected chi connectivity index (χ4v) is 3.36. The van der Waals surface area contributed by atoms with Gasteiger partial charge in [-0.1, -0.05) is 0 Å². The van der Waals surface area contributed by atoms with Crippen LogP contribution in [0.2, 0.25) is 0 Å². The molecule has 1 heterocycles. The van der Waals surface area contributed by atoms with Gasteiger partial charge in [0, 0.05) is 42.6 Å². The van der Waals surface area contributed by atoms with E-state index in [4.69, 9.17) is 5.73 Å². The van der Waals surface area contributed by atoms with Crippen molar-refractivity contribution in [3.63, 3.8) is 0 Å². The molecule has 1 amide bonds. The number of piperidine rings is 1. The van der Waals surface area contributed by atoms with Gasteiger partial charge in [0.1, 0.15) is 5.75 Å². The van der Waals surface area contributed by atoms with Crippen LogP contribution >= 0.6 is 0 Å². The predicted octanol–water partition coefficient (Wildman–Crippen LogP) is 3.38. The molecule has 0 saturated carbocycles. The van der Waals surface area contributed by atoms with E-state index in [1.54, 1.807) is 12.1 Å². The van der Waals surface area contributed by atoms with Crippen LogP contribution in [0.3, 0.4) is 0 Å². The molecule has 0 aromatic heterocycles. The highest BCUT2D eigenvalue weighted by Crippen LogP contribution is 2.27. The van der Waals surface area contributed by atoms with Crippen LogP contribution in [0, 0.1) is 10.1 Å². The molecular formula is C19H20F2N4O4. The first kappa shape index (κ1) is 20.3. The molecule has 0 spiro atoms. The molecule has 0 bridgehead atoms. The van der Waals surface area contributed by atoms with Gasteiger partial charge in [0.05, 0.1) is 10.5 Å². The van der Waals surface area contributed by atoms with Gasteiger partial charge in [-0.2, -0.15) is 8.78 Å². The average molecular weight is 406 g/mol. The number of amides is 1. The summed E-state index contributed by atoms with van der Waals surface area (Å²) in [4.78, 5) is 24.2. The highest BCUT2D eigenvalue weighted by atomic mass is 19.3. The van der Waals surface area contributed by atoms with E-state index in [0.717, 1.165) is 31.1 Å². The molecule has 1 saturated heterocycles. The minimum Gasteiger partial charge on any atom is -0.435 e. The molecule has 0 aliphatic carbocycles. The number of alkyl halides is 2. The molecule has 154 valence electrons. The van der Waals surface area contributed by atoms with Crippen LogP contribution < -0.4 is 20.7 Å². The first-order valence-electron chi connectivity index (χ1n) is 8.98. The van der Waals surface area contributed by atoms with E-state index < -0.39 is 17.4 Å². The van der Waals surface area contributed by atoms with E-state index in [-0.39, 0.29) is 23.0 Å². The Labute approximate surface area is 165 Å². The van der Waals surface area contributed by atoms with Gasteiger partial charge < -0.3 is 20.7 Å². The zero-order valence-corrected chi connectivity index (χ0v) is 15.4. The maximum atomic E-state index is 12.3. The van der Waals surface area contributed by atoms with E-state index in [9.17, 15) is 23.7 Å². The quantitative estimate of drug-likeness (QED) is 0.539. The summed E-state index contributed by atoms with van der Waals surface area (Å²) in [6.07, 6.45) is 1.70. The molecular weight excluding hydrogens is 386 g/mol. The molecule has 10 heteroatoms. The number of halogens is 2. The number of carbonyl (C=O) groups excluding carboxylic acids is 1. The summed E-state index contributed by atoms with van der Waals surface area (Å²) in [5, 5.41) is 14.2. The van der Waals surface area contributed by atoms with Crippen LogP contribution in [0.5, 0.6) is 5.75 Å². The van der Waals surface area contributed by atoms with Crippen molar-refractivity contribution in [1.82, 2.24) is 0 Å². The van der Waals surface area contributed by atoms with Crippen LogP contribution in [0.15, 0.2) is 42.5 Å². The Morgan fingerprint density at radius 1 is 1.28 bits per heavy atom.